The van der Waals surface area contributed by atoms with Crippen molar-refractivity contribution in [3.05, 3.63) is 28.9 Å². The number of thiophene rings is 1. The fourth-order valence-electron chi connectivity index (χ4n) is 1.47. The molecule has 2 rings (SSSR count). The normalized spacial score (nSPS) is 11.7. The lowest BCUT2D eigenvalue weighted by Gasteiger charge is -2.03. The van der Waals surface area contributed by atoms with Gasteiger partial charge in [0, 0.05) is 13.2 Å². The Morgan fingerprint density at radius 3 is 2.78 bits per heavy atom. The molecule has 0 amide bonds. The molecule has 98 valence electrons. The van der Waals surface area contributed by atoms with Gasteiger partial charge in [0.05, 0.1) is 18.0 Å². The maximum Gasteiger partial charge on any atom is 0.271 e. The van der Waals surface area contributed by atoms with Crippen molar-refractivity contribution < 1.29 is 13.5 Å². The zero-order chi connectivity index (χ0) is 13.3. The third kappa shape index (κ3) is 2.55. The van der Waals surface area contributed by atoms with E-state index in [0.29, 0.717) is 16.9 Å². The second kappa shape index (κ2) is 4.71. The monoisotopic (exact) mass is 287 g/mol. The molecule has 0 aliphatic heterocycles. The first-order valence-corrected chi connectivity index (χ1v) is 7.50. The molecule has 8 heteroatoms. The molecule has 0 saturated heterocycles. The maximum absolute atomic E-state index is 12.1. The standard InChI is InChI=1S/C10H13N3O3S2/c1-7-9(4-13(2)11-7)12-18(15,16)10-3-8(5-14)6-17-10/h3-4,6,12,14H,5H2,1-2H3. The number of rotatable bonds is 4. The number of aromatic nitrogens is 2. The highest BCUT2D eigenvalue weighted by atomic mass is 32.2. The summed E-state index contributed by atoms with van der Waals surface area (Å²) in [7, 11) is -1.89. The summed E-state index contributed by atoms with van der Waals surface area (Å²) in [6.07, 6.45) is 1.60. The lowest BCUT2D eigenvalue weighted by atomic mass is 10.4. The maximum atomic E-state index is 12.1. The van der Waals surface area contributed by atoms with E-state index in [1.54, 1.807) is 30.2 Å². The first kappa shape index (κ1) is 13.1. The van der Waals surface area contributed by atoms with E-state index in [2.05, 4.69) is 9.82 Å². The summed E-state index contributed by atoms with van der Waals surface area (Å²) in [5.74, 6) is 0. The van der Waals surface area contributed by atoms with Gasteiger partial charge < -0.3 is 5.11 Å². The Kier molecular flexibility index (Phi) is 3.42. The largest absolute Gasteiger partial charge is 0.392 e. The molecule has 0 aromatic carbocycles. The molecule has 2 heterocycles. The van der Waals surface area contributed by atoms with Gasteiger partial charge in [-0.25, -0.2) is 8.42 Å². The fraction of sp³-hybridized carbons (Fsp3) is 0.300. The third-order valence-electron chi connectivity index (χ3n) is 2.33. The van der Waals surface area contributed by atoms with Crippen LogP contribution in [0, 0.1) is 6.92 Å². The SMILES string of the molecule is Cc1nn(C)cc1NS(=O)(=O)c1cc(CO)cs1. The third-order valence-corrected chi connectivity index (χ3v) is 5.19. The van der Waals surface area contributed by atoms with Gasteiger partial charge in [0.25, 0.3) is 10.0 Å². The van der Waals surface area contributed by atoms with Crippen molar-refractivity contribution in [1.82, 2.24) is 9.78 Å². The molecule has 0 bridgehead atoms. The van der Waals surface area contributed by atoms with Crippen molar-refractivity contribution >= 4 is 27.0 Å². The van der Waals surface area contributed by atoms with Crippen molar-refractivity contribution in [2.75, 3.05) is 4.72 Å². The second-order valence-electron chi connectivity index (χ2n) is 3.84. The average Bonchev–Trinajstić information content (AvgIpc) is 2.86. The fourth-order valence-corrected chi connectivity index (χ4v) is 3.77. The van der Waals surface area contributed by atoms with E-state index in [-0.39, 0.29) is 10.8 Å². The van der Waals surface area contributed by atoms with Crippen LogP contribution in [0.5, 0.6) is 0 Å². The number of aliphatic hydroxyl groups is 1. The van der Waals surface area contributed by atoms with Crippen molar-refractivity contribution in [1.29, 1.82) is 0 Å². The summed E-state index contributed by atoms with van der Waals surface area (Å²) >= 11 is 1.08. The zero-order valence-corrected chi connectivity index (χ0v) is 11.5. The molecule has 0 saturated carbocycles. The minimum Gasteiger partial charge on any atom is -0.392 e. The molecule has 0 spiro atoms. The lowest BCUT2D eigenvalue weighted by Crippen LogP contribution is -2.11. The van der Waals surface area contributed by atoms with E-state index in [0.717, 1.165) is 11.3 Å². The van der Waals surface area contributed by atoms with Crippen molar-refractivity contribution in [2.45, 2.75) is 17.7 Å². The van der Waals surface area contributed by atoms with Crippen LogP contribution in [0.4, 0.5) is 5.69 Å². The van der Waals surface area contributed by atoms with E-state index in [1.807, 2.05) is 0 Å². The van der Waals surface area contributed by atoms with E-state index in [9.17, 15) is 8.42 Å². The molecule has 2 aromatic heterocycles. The van der Waals surface area contributed by atoms with Crippen LogP contribution in [-0.2, 0) is 23.7 Å². The number of sulfonamides is 1. The molecule has 0 aliphatic rings. The number of anilines is 1. The predicted molar refractivity (Wildman–Crippen MR) is 69.0 cm³/mol. The van der Waals surface area contributed by atoms with Crippen molar-refractivity contribution in [3.63, 3.8) is 0 Å². The molecule has 0 radical (unpaired) electrons. The summed E-state index contributed by atoms with van der Waals surface area (Å²) in [5.41, 5.74) is 1.65. The molecule has 18 heavy (non-hydrogen) atoms. The van der Waals surface area contributed by atoms with Gasteiger partial charge in [0.1, 0.15) is 4.21 Å². The molecular weight excluding hydrogens is 274 g/mol. The zero-order valence-electron chi connectivity index (χ0n) is 9.91. The van der Waals surface area contributed by atoms with E-state index in [4.69, 9.17) is 5.11 Å². The van der Waals surface area contributed by atoms with Gasteiger partial charge in [0.15, 0.2) is 0 Å². The Balaban J connectivity index is 2.29. The smallest absolute Gasteiger partial charge is 0.271 e. The average molecular weight is 287 g/mol. The summed E-state index contributed by atoms with van der Waals surface area (Å²) in [6, 6.07) is 1.46. The van der Waals surface area contributed by atoms with Crippen LogP contribution < -0.4 is 4.72 Å². The first-order valence-electron chi connectivity index (χ1n) is 5.13. The molecule has 0 unspecified atom stereocenters. The van der Waals surface area contributed by atoms with Crippen LogP contribution >= 0.6 is 11.3 Å². The molecule has 0 fully saturated rings. The van der Waals surface area contributed by atoms with Crippen LogP contribution in [0.1, 0.15) is 11.3 Å². The van der Waals surface area contributed by atoms with Crippen molar-refractivity contribution in [2.24, 2.45) is 7.05 Å². The second-order valence-corrected chi connectivity index (χ2v) is 6.66. The summed E-state index contributed by atoms with van der Waals surface area (Å²) in [6.45, 7) is 1.56. The van der Waals surface area contributed by atoms with Gasteiger partial charge in [-0.2, -0.15) is 5.10 Å². The topological polar surface area (TPSA) is 84.2 Å². The van der Waals surface area contributed by atoms with E-state index < -0.39 is 10.0 Å². The van der Waals surface area contributed by atoms with Crippen LogP contribution in [0.25, 0.3) is 0 Å². The molecule has 6 nitrogen and oxygen atoms in total. The number of hydrogen-bond acceptors (Lipinski definition) is 5. The van der Waals surface area contributed by atoms with E-state index >= 15 is 0 Å². The first-order chi connectivity index (χ1) is 8.42. The van der Waals surface area contributed by atoms with Crippen LogP contribution in [0.3, 0.4) is 0 Å². The number of aryl methyl sites for hydroxylation is 2. The Bertz CT molecular complexity index is 658. The summed E-state index contributed by atoms with van der Waals surface area (Å²) < 4.78 is 28.3. The minimum absolute atomic E-state index is 0.169. The molecule has 2 N–H and O–H groups in total. The van der Waals surface area contributed by atoms with Gasteiger partial charge in [-0.15, -0.1) is 11.3 Å². The highest BCUT2D eigenvalue weighted by Gasteiger charge is 2.18. The van der Waals surface area contributed by atoms with Crippen LogP contribution in [-0.4, -0.2) is 23.3 Å². The highest BCUT2D eigenvalue weighted by Crippen LogP contribution is 2.24. The molecule has 0 aliphatic carbocycles. The number of hydrogen-bond donors (Lipinski definition) is 2. The Morgan fingerprint density at radius 1 is 1.56 bits per heavy atom. The Morgan fingerprint density at radius 2 is 2.28 bits per heavy atom. The van der Waals surface area contributed by atoms with E-state index in [1.165, 1.54) is 6.07 Å². The van der Waals surface area contributed by atoms with Gasteiger partial charge in [0.2, 0.25) is 0 Å². The van der Waals surface area contributed by atoms with Crippen LogP contribution in [0.15, 0.2) is 21.9 Å². The Labute approximate surface area is 109 Å². The number of aliphatic hydroxyl groups excluding tert-OH is 1. The molecule has 0 atom stereocenters. The lowest BCUT2D eigenvalue weighted by molar-refractivity contribution is 0.282. The predicted octanol–water partition coefficient (Wildman–Crippen LogP) is 1.08. The van der Waals surface area contributed by atoms with Gasteiger partial charge >= 0.3 is 0 Å². The highest BCUT2D eigenvalue weighted by molar-refractivity contribution is 7.94. The quantitative estimate of drug-likeness (QED) is 0.881. The summed E-state index contributed by atoms with van der Waals surface area (Å²) in [5, 5.41) is 14.6. The van der Waals surface area contributed by atoms with Gasteiger partial charge in [-0.05, 0) is 23.9 Å². The summed E-state index contributed by atoms with van der Waals surface area (Å²) in [4.78, 5) is 0. The Hall–Kier alpha value is -1.38. The van der Waals surface area contributed by atoms with Gasteiger partial charge in [-0.1, -0.05) is 0 Å². The molecule has 2 aromatic rings. The minimum atomic E-state index is -3.61. The number of nitrogens with zero attached hydrogens (tertiary/aromatic N) is 2. The van der Waals surface area contributed by atoms with Crippen LogP contribution in [0.2, 0.25) is 0 Å². The number of nitrogens with one attached hydrogen (secondary N) is 1. The molecular formula is C10H13N3O3S2. The van der Waals surface area contributed by atoms with Gasteiger partial charge in [-0.3, -0.25) is 9.40 Å². The van der Waals surface area contributed by atoms with Crippen molar-refractivity contribution in [3.8, 4) is 0 Å².